The molecule has 0 bridgehead atoms. The van der Waals surface area contributed by atoms with Gasteiger partial charge in [-0.25, -0.2) is 18.4 Å². The third kappa shape index (κ3) is 4.90. The number of pyridine rings is 1. The number of rotatable bonds is 6. The fourth-order valence-electron chi connectivity index (χ4n) is 3.38. The van der Waals surface area contributed by atoms with Crippen molar-refractivity contribution in [2.24, 2.45) is 0 Å². The van der Waals surface area contributed by atoms with Gasteiger partial charge in [-0.15, -0.1) is 0 Å². The molecule has 9 heteroatoms. The van der Waals surface area contributed by atoms with Gasteiger partial charge in [-0.1, -0.05) is 36.4 Å². The van der Waals surface area contributed by atoms with E-state index < -0.39 is 16.1 Å². The second-order valence-electron chi connectivity index (χ2n) is 7.52. The lowest BCUT2D eigenvalue weighted by atomic mass is 10.0. The Balaban J connectivity index is 1.60. The Morgan fingerprint density at radius 1 is 1.26 bits per heavy atom. The number of allylic oxidation sites excluding steroid dienone is 1. The Hall–Kier alpha value is -2.88. The SMILES string of the molecule is C=C(C)c1ccc(-c2cc3nccnc3c(OCC3CN(S(C)(=O)=O)CCO3)n2)cc1. The summed E-state index contributed by atoms with van der Waals surface area (Å²) < 4.78 is 36.7. The summed E-state index contributed by atoms with van der Waals surface area (Å²) in [6.07, 6.45) is 4.01. The minimum atomic E-state index is -3.28. The van der Waals surface area contributed by atoms with Gasteiger partial charge in [0.2, 0.25) is 15.9 Å². The molecule has 162 valence electrons. The van der Waals surface area contributed by atoms with E-state index in [0.717, 1.165) is 16.7 Å². The number of fused-ring (bicyclic) bond motifs is 1. The van der Waals surface area contributed by atoms with Crippen LogP contribution in [0.1, 0.15) is 12.5 Å². The lowest BCUT2D eigenvalue weighted by Gasteiger charge is -2.30. The number of hydrogen-bond donors (Lipinski definition) is 0. The lowest BCUT2D eigenvalue weighted by molar-refractivity contribution is -0.0252. The van der Waals surface area contributed by atoms with Crippen LogP contribution in [0.15, 0.2) is 49.3 Å². The van der Waals surface area contributed by atoms with Crippen molar-refractivity contribution in [2.75, 3.05) is 32.6 Å². The van der Waals surface area contributed by atoms with Crippen LogP contribution in [-0.4, -0.2) is 66.3 Å². The van der Waals surface area contributed by atoms with Crippen LogP contribution >= 0.6 is 0 Å². The van der Waals surface area contributed by atoms with Crippen molar-refractivity contribution < 1.29 is 17.9 Å². The Bertz CT molecular complexity index is 1210. The van der Waals surface area contributed by atoms with Crippen LogP contribution in [0.5, 0.6) is 5.88 Å². The molecule has 2 aromatic heterocycles. The lowest BCUT2D eigenvalue weighted by Crippen LogP contribution is -2.47. The molecule has 1 atom stereocenters. The zero-order valence-corrected chi connectivity index (χ0v) is 18.3. The van der Waals surface area contributed by atoms with E-state index in [1.807, 2.05) is 37.3 Å². The highest BCUT2D eigenvalue weighted by atomic mass is 32.2. The Morgan fingerprint density at radius 3 is 2.71 bits per heavy atom. The minimum Gasteiger partial charge on any atom is -0.473 e. The van der Waals surface area contributed by atoms with Crippen LogP contribution in [0.3, 0.4) is 0 Å². The van der Waals surface area contributed by atoms with Gasteiger partial charge in [0.1, 0.15) is 12.7 Å². The number of sulfonamides is 1. The third-order valence-electron chi connectivity index (χ3n) is 5.07. The first-order valence-electron chi connectivity index (χ1n) is 9.89. The molecule has 1 unspecified atom stereocenters. The molecule has 0 amide bonds. The largest absolute Gasteiger partial charge is 0.473 e. The van der Waals surface area contributed by atoms with E-state index in [0.29, 0.717) is 35.8 Å². The predicted molar refractivity (Wildman–Crippen MR) is 119 cm³/mol. The maximum absolute atomic E-state index is 11.8. The number of hydrogen-bond acceptors (Lipinski definition) is 7. The molecule has 0 aliphatic carbocycles. The molecule has 0 N–H and O–H groups in total. The van der Waals surface area contributed by atoms with Gasteiger partial charge in [0.15, 0.2) is 5.52 Å². The highest BCUT2D eigenvalue weighted by Gasteiger charge is 2.27. The molecule has 1 fully saturated rings. The molecule has 31 heavy (non-hydrogen) atoms. The van der Waals surface area contributed by atoms with Gasteiger partial charge < -0.3 is 9.47 Å². The minimum absolute atomic E-state index is 0.156. The first kappa shape index (κ1) is 21.4. The summed E-state index contributed by atoms with van der Waals surface area (Å²) in [5, 5.41) is 0. The van der Waals surface area contributed by atoms with Crippen molar-refractivity contribution in [1.29, 1.82) is 0 Å². The molecule has 0 spiro atoms. The second kappa shape index (κ2) is 8.70. The highest BCUT2D eigenvalue weighted by Crippen LogP contribution is 2.28. The van der Waals surface area contributed by atoms with Crippen molar-refractivity contribution in [3.05, 3.63) is 54.9 Å². The summed E-state index contributed by atoms with van der Waals surface area (Å²) in [6.45, 7) is 6.99. The molecule has 4 rings (SSSR count). The average Bonchev–Trinajstić information content (AvgIpc) is 2.77. The van der Waals surface area contributed by atoms with Crippen LogP contribution in [0.4, 0.5) is 0 Å². The summed E-state index contributed by atoms with van der Waals surface area (Å²) in [6, 6.07) is 9.82. The second-order valence-corrected chi connectivity index (χ2v) is 9.50. The van der Waals surface area contributed by atoms with Gasteiger partial charge in [0, 0.05) is 31.0 Å². The standard InChI is InChI=1S/C22H24N4O4S/c1-15(2)16-4-6-17(7-5-16)19-12-20-21(24-9-8-23-20)22(25-19)30-14-18-13-26(10-11-29-18)31(3,27)28/h4-9,12,18H,1,10-11,13-14H2,2-3H3. The third-order valence-corrected chi connectivity index (χ3v) is 6.34. The van der Waals surface area contributed by atoms with Crippen molar-refractivity contribution in [3.63, 3.8) is 0 Å². The van der Waals surface area contributed by atoms with Gasteiger partial charge in [0.05, 0.1) is 24.1 Å². The normalized spacial score (nSPS) is 17.5. The molecule has 1 aliphatic rings. The van der Waals surface area contributed by atoms with Crippen LogP contribution in [0, 0.1) is 0 Å². The van der Waals surface area contributed by atoms with E-state index in [4.69, 9.17) is 9.47 Å². The van der Waals surface area contributed by atoms with E-state index in [2.05, 4.69) is 21.5 Å². The smallest absolute Gasteiger partial charge is 0.242 e. The number of nitrogens with zero attached hydrogens (tertiary/aromatic N) is 4. The van der Waals surface area contributed by atoms with E-state index in [9.17, 15) is 8.42 Å². The molecule has 0 saturated carbocycles. The first-order chi connectivity index (χ1) is 14.8. The maximum Gasteiger partial charge on any atom is 0.242 e. The molecule has 0 radical (unpaired) electrons. The van der Waals surface area contributed by atoms with Gasteiger partial charge in [0.25, 0.3) is 0 Å². The number of ether oxygens (including phenoxy) is 2. The highest BCUT2D eigenvalue weighted by molar-refractivity contribution is 7.88. The molecular weight excluding hydrogens is 416 g/mol. The topological polar surface area (TPSA) is 94.5 Å². The number of aromatic nitrogens is 3. The van der Waals surface area contributed by atoms with E-state index >= 15 is 0 Å². The Labute approximate surface area is 181 Å². The molecule has 1 aliphatic heterocycles. The summed E-state index contributed by atoms with van der Waals surface area (Å²) in [5.41, 5.74) is 4.88. The van der Waals surface area contributed by atoms with Gasteiger partial charge in [-0.3, -0.25) is 4.98 Å². The van der Waals surface area contributed by atoms with Crippen molar-refractivity contribution in [3.8, 4) is 17.1 Å². The van der Waals surface area contributed by atoms with Crippen LogP contribution in [0.25, 0.3) is 27.9 Å². The van der Waals surface area contributed by atoms with Crippen molar-refractivity contribution in [1.82, 2.24) is 19.3 Å². The molecule has 1 saturated heterocycles. The first-order valence-corrected chi connectivity index (χ1v) is 11.7. The van der Waals surface area contributed by atoms with Gasteiger partial charge in [-0.05, 0) is 18.6 Å². The fraction of sp³-hybridized carbons (Fsp3) is 0.318. The quantitative estimate of drug-likeness (QED) is 0.582. The number of morpholine rings is 1. The fourth-order valence-corrected chi connectivity index (χ4v) is 4.23. The Morgan fingerprint density at radius 2 is 2.00 bits per heavy atom. The van der Waals surface area contributed by atoms with E-state index in [1.165, 1.54) is 10.6 Å². The van der Waals surface area contributed by atoms with Crippen molar-refractivity contribution >= 4 is 26.6 Å². The van der Waals surface area contributed by atoms with Gasteiger partial charge in [-0.2, -0.15) is 4.31 Å². The van der Waals surface area contributed by atoms with E-state index in [-0.39, 0.29) is 13.2 Å². The molecular formula is C22H24N4O4S. The van der Waals surface area contributed by atoms with Crippen molar-refractivity contribution in [2.45, 2.75) is 13.0 Å². The van der Waals surface area contributed by atoms with Crippen LogP contribution in [0.2, 0.25) is 0 Å². The van der Waals surface area contributed by atoms with Crippen LogP contribution < -0.4 is 4.74 Å². The Kier molecular flexibility index (Phi) is 5.99. The summed E-state index contributed by atoms with van der Waals surface area (Å²) in [7, 11) is -3.28. The predicted octanol–water partition coefficient (Wildman–Crippen LogP) is 2.76. The molecule has 3 aromatic rings. The average molecular weight is 441 g/mol. The van der Waals surface area contributed by atoms with Gasteiger partial charge >= 0.3 is 0 Å². The number of benzene rings is 1. The molecule has 1 aromatic carbocycles. The van der Waals surface area contributed by atoms with E-state index in [1.54, 1.807) is 12.4 Å². The zero-order valence-electron chi connectivity index (χ0n) is 17.5. The summed E-state index contributed by atoms with van der Waals surface area (Å²) in [4.78, 5) is 13.4. The van der Waals surface area contributed by atoms with Crippen LogP contribution in [-0.2, 0) is 14.8 Å². The molecule has 3 heterocycles. The summed E-state index contributed by atoms with van der Waals surface area (Å²) >= 11 is 0. The molecule has 8 nitrogen and oxygen atoms in total. The zero-order chi connectivity index (χ0) is 22.0. The summed E-state index contributed by atoms with van der Waals surface area (Å²) in [5.74, 6) is 0.338. The monoisotopic (exact) mass is 440 g/mol. The maximum atomic E-state index is 11.8.